The molecule has 0 unspecified atom stereocenters. The summed E-state index contributed by atoms with van der Waals surface area (Å²) in [6.45, 7) is 4.23. The number of benzene rings is 2. The molecule has 2 heterocycles. The fourth-order valence-electron chi connectivity index (χ4n) is 2.46. The van der Waals surface area contributed by atoms with E-state index in [2.05, 4.69) is 36.3 Å². The van der Waals surface area contributed by atoms with Gasteiger partial charge in [0.2, 0.25) is 0 Å². The predicted octanol–water partition coefficient (Wildman–Crippen LogP) is 5.28. The number of fused-ring (bicyclic) bond motifs is 2. The Labute approximate surface area is 141 Å². The van der Waals surface area contributed by atoms with Crippen LogP contribution in [0.1, 0.15) is 11.1 Å². The Morgan fingerprint density at radius 2 is 1.70 bits per heavy atom. The number of aryl methyl sites for hydroxylation is 2. The van der Waals surface area contributed by atoms with E-state index in [-0.39, 0.29) is 0 Å². The van der Waals surface area contributed by atoms with Crippen LogP contribution in [0.4, 0.5) is 10.3 Å². The lowest BCUT2D eigenvalue weighted by molar-refractivity contribution is 0.415. The van der Waals surface area contributed by atoms with Crippen LogP contribution in [0.3, 0.4) is 0 Å². The molecule has 0 aliphatic rings. The van der Waals surface area contributed by atoms with E-state index in [1.54, 1.807) is 29.8 Å². The quantitative estimate of drug-likeness (QED) is 0.551. The molecule has 4 rings (SSSR count). The van der Waals surface area contributed by atoms with Crippen molar-refractivity contribution in [2.75, 3.05) is 12.4 Å². The van der Waals surface area contributed by atoms with Crippen molar-refractivity contribution in [2.45, 2.75) is 13.8 Å². The summed E-state index contributed by atoms with van der Waals surface area (Å²) in [6.07, 6.45) is 0. The van der Waals surface area contributed by atoms with Crippen molar-refractivity contribution < 1.29 is 4.74 Å². The number of anilines is 2. The molecule has 116 valence electrons. The number of aromatic nitrogens is 2. The maximum absolute atomic E-state index is 5.25. The van der Waals surface area contributed by atoms with E-state index in [4.69, 9.17) is 9.72 Å². The third-order valence-corrected chi connectivity index (χ3v) is 5.78. The van der Waals surface area contributed by atoms with E-state index in [1.165, 1.54) is 15.8 Å². The van der Waals surface area contributed by atoms with E-state index in [0.29, 0.717) is 0 Å². The van der Waals surface area contributed by atoms with Gasteiger partial charge in [-0.3, -0.25) is 0 Å². The summed E-state index contributed by atoms with van der Waals surface area (Å²) in [4.78, 5) is 9.34. The predicted molar refractivity (Wildman–Crippen MR) is 98.5 cm³/mol. The summed E-state index contributed by atoms with van der Waals surface area (Å²) >= 11 is 3.27. The van der Waals surface area contributed by atoms with Gasteiger partial charge in [-0.15, -0.1) is 0 Å². The Hall–Kier alpha value is -2.18. The molecule has 0 fully saturated rings. The highest BCUT2D eigenvalue weighted by Crippen LogP contribution is 2.34. The molecule has 4 aromatic rings. The fourth-order valence-corrected chi connectivity index (χ4v) is 4.29. The zero-order valence-electron chi connectivity index (χ0n) is 13.0. The van der Waals surface area contributed by atoms with Crippen LogP contribution >= 0.6 is 22.7 Å². The molecule has 6 heteroatoms. The summed E-state index contributed by atoms with van der Waals surface area (Å²) in [5.74, 6) is 0.820. The summed E-state index contributed by atoms with van der Waals surface area (Å²) in [6, 6.07) is 10.2. The van der Waals surface area contributed by atoms with Gasteiger partial charge in [0.25, 0.3) is 0 Å². The van der Waals surface area contributed by atoms with Gasteiger partial charge in [-0.1, -0.05) is 28.7 Å². The van der Waals surface area contributed by atoms with Crippen LogP contribution in [0.2, 0.25) is 0 Å². The number of thiazole rings is 2. The molecule has 0 spiro atoms. The van der Waals surface area contributed by atoms with E-state index in [0.717, 1.165) is 31.7 Å². The topological polar surface area (TPSA) is 47.0 Å². The van der Waals surface area contributed by atoms with Crippen LogP contribution in [-0.2, 0) is 0 Å². The van der Waals surface area contributed by atoms with Crippen LogP contribution in [0.15, 0.2) is 30.3 Å². The molecule has 2 aromatic carbocycles. The molecule has 4 nitrogen and oxygen atoms in total. The molecule has 2 aromatic heterocycles. The van der Waals surface area contributed by atoms with Gasteiger partial charge in [-0.25, -0.2) is 9.97 Å². The fraction of sp³-hybridized carbons (Fsp3) is 0.176. The van der Waals surface area contributed by atoms with Crippen LogP contribution in [0, 0.1) is 13.8 Å². The number of methoxy groups -OCH3 is 1. The van der Waals surface area contributed by atoms with Crippen LogP contribution < -0.4 is 10.1 Å². The van der Waals surface area contributed by atoms with Crippen molar-refractivity contribution in [3.05, 3.63) is 41.5 Å². The van der Waals surface area contributed by atoms with Crippen molar-refractivity contribution in [3.63, 3.8) is 0 Å². The SMILES string of the molecule is COc1ccc2sc(Nc3nc4c(C)c(C)ccc4s3)nc2c1. The minimum Gasteiger partial charge on any atom is -0.497 e. The Balaban J connectivity index is 1.71. The normalized spacial score (nSPS) is 11.3. The van der Waals surface area contributed by atoms with E-state index >= 15 is 0 Å². The number of nitrogens with one attached hydrogen (secondary N) is 1. The first-order valence-corrected chi connectivity index (χ1v) is 8.86. The molecule has 0 radical (unpaired) electrons. The second-order valence-corrected chi connectivity index (χ2v) is 7.41. The third kappa shape index (κ3) is 2.54. The first-order chi connectivity index (χ1) is 11.1. The summed E-state index contributed by atoms with van der Waals surface area (Å²) in [5, 5.41) is 5.06. The molecule has 0 aliphatic carbocycles. The lowest BCUT2D eigenvalue weighted by Crippen LogP contribution is -1.88. The highest BCUT2D eigenvalue weighted by molar-refractivity contribution is 7.24. The number of hydrogen-bond donors (Lipinski definition) is 1. The lowest BCUT2D eigenvalue weighted by Gasteiger charge is -1.98. The van der Waals surface area contributed by atoms with Gasteiger partial charge in [0, 0.05) is 6.07 Å². The molecular formula is C17H15N3OS2. The van der Waals surface area contributed by atoms with Crippen molar-refractivity contribution in [2.24, 2.45) is 0 Å². The van der Waals surface area contributed by atoms with E-state index < -0.39 is 0 Å². The lowest BCUT2D eigenvalue weighted by atomic mass is 10.1. The minimum absolute atomic E-state index is 0.820. The van der Waals surface area contributed by atoms with Gasteiger partial charge in [0.1, 0.15) is 5.75 Å². The van der Waals surface area contributed by atoms with Crippen LogP contribution in [-0.4, -0.2) is 17.1 Å². The monoisotopic (exact) mass is 341 g/mol. The number of hydrogen-bond acceptors (Lipinski definition) is 6. The van der Waals surface area contributed by atoms with Gasteiger partial charge >= 0.3 is 0 Å². The molecule has 0 aliphatic heterocycles. The molecule has 23 heavy (non-hydrogen) atoms. The van der Waals surface area contributed by atoms with E-state index in [9.17, 15) is 0 Å². The second-order valence-electron chi connectivity index (χ2n) is 5.35. The maximum atomic E-state index is 5.25. The highest BCUT2D eigenvalue weighted by atomic mass is 32.1. The highest BCUT2D eigenvalue weighted by Gasteiger charge is 2.10. The Morgan fingerprint density at radius 3 is 2.52 bits per heavy atom. The second kappa shape index (κ2) is 5.47. The summed E-state index contributed by atoms with van der Waals surface area (Å²) < 4.78 is 7.57. The summed E-state index contributed by atoms with van der Waals surface area (Å²) in [7, 11) is 1.66. The van der Waals surface area contributed by atoms with Crippen LogP contribution in [0.5, 0.6) is 5.75 Å². The van der Waals surface area contributed by atoms with Crippen molar-refractivity contribution >= 4 is 53.4 Å². The number of ether oxygens (including phenoxy) is 1. The maximum Gasteiger partial charge on any atom is 0.190 e. The van der Waals surface area contributed by atoms with Gasteiger partial charge in [0.15, 0.2) is 10.3 Å². The average Bonchev–Trinajstić information content (AvgIpc) is 3.13. The largest absolute Gasteiger partial charge is 0.497 e. The van der Waals surface area contributed by atoms with Crippen molar-refractivity contribution in [1.29, 1.82) is 0 Å². The van der Waals surface area contributed by atoms with Crippen molar-refractivity contribution in [3.8, 4) is 5.75 Å². The number of rotatable bonds is 3. The average molecular weight is 341 g/mol. The first-order valence-electron chi connectivity index (χ1n) is 7.22. The zero-order chi connectivity index (χ0) is 16.0. The summed E-state index contributed by atoms with van der Waals surface area (Å²) in [5.41, 5.74) is 4.51. The number of nitrogens with zero attached hydrogens (tertiary/aromatic N) is 2. The molecule has 1 N–H and O–H groups in total. The molecule has 0 atom stereocenters. The van der Waals surface area contributed by atoms with Crippen LogP contribution in [0.25, 0.3) is 20.4 Å². The first kappa shape index (κ1) is 14.4. The van der Waals surface area contributed by atoms with E-state index in [1.807, 2.05) is 18.2 Å². The Morgan fingerprint density at radius 1 is 0.957 bits per heavy atom. The molecule has 0 amide bonds. The third-order valence-electron chi connectivity index (χ3n) is 3.89. The van der Waals surface area contributed by atoms with Gasteiger partial charge < -0.3 is 10.1 Å². The van der Waals surface area contributed by atoms with Gasteiger partial charge in [0.05, 0.1) is 27.5 Å². The Kier molecular flexibility index (Phi) is 3.43. The zero-order valence-corrected chi connectivity index (χ0v) is 14.6. The molecular weight excluding hydrogens is 326 g/mol. The molecule has 0 saturated carbocycles. The Bertz CT molecular complexity index is 1020. The minimum atomic E-state index is 0.820. The standard InChI is InChI=1S/C17H15N3OS2/c1-9-4-6-14-15(10(9)2)19-17(23-14)20-16-18-12-8-11(21-3)5-7-13(12)22-16/h4-8H,1-3H3,(H,18,19,20). The van der Waals surface area contributed by atoms with Crippen molar-refractivity contribution in [1.82, 2.24) is 9.97 Å². The smallest absolute Gasteiger partial charge is 0.190 e. The molecule has 0 bridgehead atoms. The van der Waals surface area contributed by atoms with Gasteiger partial charge in [-0.2, -0.15) is 0 Å². The van der Waals surface area contributed by atoms with Gasteiger partial charge in [-0.05, 0) is 43.2 Å². The molecule has 0 saturated heterocycles.